The molecule has 0 amide bonds. The molecule has 1 nitrogen and oxygen atoms in total. The fraction of sp³-hybridized carbons (Fsp3) is 0.333. The molecule has 112 valence electrons. The molecule has 0 atom stereocenters. The van der Waals surface area contributed by atoms with Crippen LogP contribution < -0.4 is 5.32 Å². The second kappa shape index (κ2) is 7.88. The number of benzene rings is 2. The molecule has 2 aromatic carbocycles. The first-order valence-corrected chi connectivity index (χ1v) is 8.54. The molecule has 0 aliphatic heterocycles. The van der Waals surface area contributed by atoms with Crippen molar-refractivity contribution in [2.24, 2.45) is 0 Å². The van der Waals surface area contributed by atoms with E-state index in [9.17, 15) is 0 Å². The molecule has 0 saturated carbocycles. The molecule has 2 aromatic rings. The predicted molar refractivity (Wildman–Crippen MR) is 93.5 cm³/mol. The second-order valence-electron chi connectivity index (χ2n) is 5.30. The topological polar surface area (TPSA) is 12.0 Å². The Bertz CT molecular complexity index is 610. The van der Waals surface area contributed by atoms with Gasteiger partial charge in [0.25, 0.3) is 0 Å². The van der Waals surface area contributed by atoms with Crippen molar-refractivity contribution in [1.29, 1.82) is 0 Å². The number of aryl methyl sites for hydroxylation is 2. The lowest BCUT2D eigenvalue weighted by Crippen LogP contribution is -2.13. The van der Waals surface area contributed by atoms with Gasteiger partial charge in [-0.05, 0) is 56.1 Å². The van der Waals surface area contributed by atoms with E-state index in [4.69, 9.17) is 11.6 Å². The van der Waals surface area contributed by atoms with Crippen LogP contribution in [0.5, 0.6) is 0 Å². The van der Waals surface area contributed by atoms with Gasteiger partial charge in [-0.2, -0.15) is 0 Å². The molecule has 3 heteroatoms. The molecule has 0 bridgehead atoms. The maximum Gasteiger partial charge on any atom is 0.0462 e. The molecule has 21 heavy (non-hydrogen) atoms. The van der Waals surface area contributed by atoms with E-state index in [1.54, 1.807) is 11.8 Å². The summed E-state index contributed by atoms with van der Waals surface area (Å²) in [7, 11) is 0. The van der Waals surface area contributed by atoms with Gasteiger partial charge >= 0.3 is 0 Å². The summed E-state index contributed by atoms with van der Waals surface area (Å²) in [4.78, 5) is 2.47. The first-order chi connectivity index (χ1) is 10.1. The zero-order valence-electron chi connectivity index (χ0n) is 12.9. The van der Waals surface area contributed by atoms with Crippen LogP contribution in [0, 0.1) is 13.8 Å². The van der Waals surface area contributed by atoms with E-state index in [1.807, 2.05) is 0 Å². The van der Waals surface area contributed by atoms with Gasteiger partial charge in [-0.3, -0.25) is 0 Å². The minimum absolute atomic E-state index is 0.835. The van der Waals surface area contributed by atoms with Crippen LogP contribution in [0.2, 0.25) is 5.02 Å². The van der Waals surface area contributed by atoms with E-state index >= 15 is 0 Å². The summed E-state index contributed by atoms with van der Waals surface area (Å²) in [6.07, 6.45) is 1.14. The zero-order chi connectivity index (χ0) is 15.2. The normalized spacial score (nSPS) is 10.9. The second-order valence-corrected chi connectivity index (χ2v) is 6.82. The molecule has 0 saturated heterocycles. The lowest BCUT2D eigenvalue weighted by molar-refractivity contribution is 0.675. The number of hydrogen-bond acceptors (Lipinski definition) is 2. The zero-order valence-corrected chi connectivity index (χ0v) is 14.4. The molecule has 0 unspecified atom stereocenters. The van der Waals surface area contributed by atoms with Gasteiger partial charge in [-0.15, -0.1) is 0 Å². The minimum atomic E-state index is 0.835. The highest BCUT2D eigenvalue weighted by Gasteiger charge is 2.05. The van der Waals surface area contributed by atoms with Crippen molar-refractivity contribution in [2.45, 2.75) is 43.5 Å². The Labute approximate surface area is 137 Å². The van der Waals surface area contributed by atoms with Crippen LogP contribution in [-0.4, -0.2) is 6.54 Å². The van der Waals surface area contributed by atoms with Crippen LogP contribution in [0.15, 0.2) is 46.2 Å². The van der Waals surface area contributed by atoms with Crippen molar-refractivity contribution in [2.75, 3.05) is 6.54 Å². The third-order valence-corrected chi connectivity index (χ3v) is 4.84. The first kappa shape index (κ1) is 16.4. The number of nitrogens with one attached hydrogen (secondary N) is 1. The average Bonchev–Trinajstić information content (AvgIpc) is 2.44. The largest absolute Gasteiger partial charge is 0.313 e. The summed E-state index contributed by atoms with van der Waals surface area (Å²) in [5, 5.41) is 4.23. The van der Waals surface area contributed by atoms with Crippen molar-refractivity contribution in [3.63, 3.8) is 0 Å². The Morgan fingerprint density at radius 2 is 1.90 bits per heavy atom. The molecule has 0 heterocycles. The number of halogens is 1. The van der Waals surface area contributed by atoms with Crippen molar-refractivity contribution < 1.29 is 0 Å². The number of rotatable bonds is 6. The van der Waals surface area contributed by atoms with Gasteiger partial charge in [0.1, 0.15) is 0 Å². The van der Waals surface area contributed by atoms with Gasteiger partial charge in [-0.25, -0.2) is 0 Å². The average molecular weight is 320 g/mol. The van der Waals surface area contributed by atoms with Crippen molar-refractivity contribution >= 4 is 23.4 Å². The summed E-state index contributed by atoms with van der Waals surface area (Å²) in [5.41, 5.74) is 3.77. The first-order valence-electron chi connectivity index (χ1n) is 7.34. The summed E-state index contributed by atoms with van der Waals surface area (Å²) in [5.74, 6) is 0. The quantitative estimate of drug-likeness (QED) is 0.695. The minimum Gasteiger partial charge on any atom is -0.313 e. The lowest BCUT2D eigenvalue weighted by atomic mass is 10.2. The third-order valence-electron chi connectivity index (χ3n) is 3.33. The van der Waals surface area contributed by atoms with E-state index in [2.05, 4.69) is 62.5 Å². The molecule has 0 radical (unpaired) electrons. The van der Waals surface area contributed by atoms with Crippen molar-refractivity contribution in [1.82, 2.24) is 5.32 Å². The maximum absolute atomic E-state index is 6.39. The molecule has 0 aliphatic carbocycles. The van der Waals surface area contributed by atoms with E-state index in [0.29, 0.717) is 0 Å². The van der Waals surface area contributed by atoms with E-state index in [-0.39, 0.29) is 0 Å². The highest BCUT2D eigenvalue weighted by Crippen LogP contribution is 2.33. The van der Waals surface area contributed by atoms with Crippen LogP contribution in [0.1, 0.15) is 30.0 Å². The maximum atomic E-state index is 6.39. The molecule has 0 fully saturated rings. The predicted octanol–water partition coefficient (Wildman–Crippen LogP) is 5.61. The molecule has 0 aliphatic rings. The number of hydrogen-bond donors (Lipinski definition) is 1. The van der Waals surface area contributed by atoms with E-state index in [1.165, 1.54) is 20.9 Å². The molecule has 0 aromatic heterocycles. The summed E-state index contributed by atoms with van der Waals surface area (Å²) in [6.45, 7) is 8.30. The SMILES string of the molecule is CCCNCc1ccc(Sc2ccc(C)cc2C)cc1Cl. The Balaban J connectivity index is 2.09. The van der Waals surface area contributed by atoms with Crippen LogP contribution in [0.3, 0.4) is 0 Å². The smallest absolute Gasteiger partial charge is 0.0462 e. The van der Waals surface area contributed by atoms with Gasteiger partial charge in [-0.1, -0.05) is 54.0 Å². The lowest BCUT2D eigenvalue weighted by Gasteiger charge is -2.10. The summed E-state index contributed by atoms with van der Waals surface area (Å²) >= 11 is 8.16. The van der Waals surface area contributed by atoms with Gasteiger partial charge in [0, 0.05) is 21.4 Å². The third kappa shape index (κ3) is 4.77. The standard InChI is InChI=1S/C18H22ClNS/c1-4-9-20-12-15-6-7-16(11-17(15)19)21-18-8-5-13(2)10-14(18)3/h5-8,10-11,20H,4,9,12H2,1-3H3. The van der Waals surface area contributed by atoms with Crippen molar-refractivity contribution in [3.8, 4) is 0 Å². The van der Waals surface area contributed by atoms with E-state index in [0.717, 1.165) is 30.1 Å². The molecule has 1 N–H and O–H groups in total. The van der Waals surface area contributed by atoms with E-state index < -0.39 is 0 Å². The van der Waals surface area contributed by atoms with Crippen LogP contribution in [-0.2, 0) is 6.54 Å². The fourth-order valence-electron chi connectivity index (χ4n) is 2.18. The van der Waals surface area contributed by atoms with Gasteiger partial charge in [0.05, 0.1) is 0 Å². The highest BCUT2D eigenvalue weighted by atomic mass is 35.5. The van der Waals surface area contributed by atoms with Crippen LogP contribution in [0.25, 0.3) is 0 Å². The highest BCUT2D eigenvalue weighted by molar-refractivity contribution is 7.99. The van der Waals surface area contributed by atoms with Gasteiger partial charge in [0.15, 0.2) is 0 Å². The monoisotopic (exact) mass is 319 g/mol. The Morgan fingerprint density at radius 3 is 2.57 bits per heavy atom. The fourth-order valence-corrected chi connectivity index (χ4v) is 3.41. The summed E-state index contributed by atoms with van der Waals surface area (Å²) < 4.78 is 0. The summed E-state index contributed by atoms with van der Waals surface area (Å²) in [6, 6.07) is 12.9. The Hall–Kier alpha value is -0.960. The molecule has 0 spiro atoms. The molecular formula is C18H22ClNS. The molecular weight excluding hydrogens is 298 g/mol. The van der Waals surface area contributed by atoms with Crippen molar-refractivity contribution in [3.05, 3.63) is 58.1 Å². The molecule has 2 rings (SSSR count). The van der Waals surface area contributed by atoms with Gasteiger partial charge < -0.3 is 5.32 Å². The van der Waals surface area contributed by atoms with Crippen LogP contribution >= 0.6 is 23.4 Å². The van der Waals surface area contributed by atoms with Gasteiger partial charge in [0.2, 0.25) is 0 Å². The Kier molecular flexibility index (Phi) is 6.16. The Morgan fingerprint density at radius 1 is 1.10 bits per heavy atom. The van der Waals surface area contributed by atoms with Crippen LogP contribution in [0.4, 0.5) is 0 Å².